The lowest BCUT2D eigenvalue weighted by molar-refractivity contribution is 0.0951. The second-order valence-electron chi connectivity index (χ2n) is 4.09. The van der Waals surface area contributed by atoms with Crippen LogP contribution in [0.1, 0.15) is 15.9 Å². The molecule has 0 spiro atoms. The number of pyridine rings is 1. The number of rotatable bonds is 4. The summed E-state index contributed by atoms with van der Waals surface area (Å²) in [4.78, 5) is 25.0. The molecule has 0 saturated carbocycles. The van der Waals surface area contributed by atoms with E-state index >= 15 is 0 Å². The summed E-state index contributed by atoms with van der Waals surface area (Å²) in [7, 11) is 0. The summed E-state index contributed by atoms with van der Waals surface area (Å²) in [5, 5.41) is 12.2. The molecule has 2 rings (SSSR count). The summed E-state index contributed by atoms with van der Waals surface area (Å²) in [6, 6.07) is 10.7. The van der Waals surface area contributed by atoms with Gasteiger partial charge < -0.3 is 15.4 Å². The van der Waals surface area contributed by atoms with E-state index in [-0.39, 0.29) is 11.3 Å². The highest BCUT2D eigenvalue weighted by Gasteiger charge is 2.10. The van der Waals surface area contributed by atoms with E-state index in [2.05, 4.69) is 10.3 Å². The maximum absolute atomic E-state index is 11.8. The lowest BCUT2D eigenvalue weighted by atomic mass is 10.1. The number of nitrogens with one attached hydrogen (secondary N) is 2. The predicted octanol–water partition coefficient (Wildman–Crippen LogP) is 1.05. The van der Waals surface area contributed by atoms with Crippen molar-refractivity contribution in [2.75, 3.05) is 6.54 Å². The molecule has 2 aromatic rings. The Morgan fingerprint density at radius 3 is 2.68 bits per heavy atom. The molecule has 1 amide bonds. The van der Waals surface area contributed by atoms with Gasteiger partial charge in [0, 0.05) is 18.8 Å². The van der Waals surface area contributed by atoms with Gasteiger partial charge in [-0.15, -0.1) is 0 Å². The number of aromatic amines is 1. The van der Waals surface area contributed by atoms with Crippen molar-refractivity contribution < 1.29 is 9.90 Å². The van der Waals surface area contributed by atoms with Gasteiger partial charge in [0.15, 0.2) is 0 Å². The third-order valence-electron chi connectivity index (χ3n) is 2.69. The standard InChI is InChI=1S/C14H14N2O3/c17-12-8-13(18)16-9-11(12)14(19)15-7-6-10-4-2-1-3-5-10/h1-5,8-9H,6-7H2,(H,15,19)(H2,16,17,18). The molecule has 1 aromatic carbocycles. The topological polar surface area (TPSA) is 82.2 Å². The van der Waals surface area contributed by atoms with Crippen molar-refractivity contribution in [1.29, 1.82) is 0 Å². The minimum Gasteiger partial charge on any atom is -0.507 e. The summed E-state index contributed by atoms with van der Waals surface area (Å²) in [5.41, 5.74) is 0.736. The van der Waals surface area contributed by atoms with Crippen LogP contribution in [0, 0.1) is 0 Å². The van der Waals surface area contributed by atoms with E-state index < -0.39 is 11.5 Å². The number of carbonyl (C=O) groups is 1. The van der Waals surface area contributed by atoms with E-state index in [1.165, 1.54) is 6.20 Å². The van der Waals surface area contributed by atoms with Crippen molar-refractivity contribution in [1.82, 2.24) is 10.3 Å². The minimum absolute atomic E-state index is 0.0626. The van der Waals surface area contributed by atoms with Gasteiger partial charge in [-0.25, -0.2) is 0 Å². The quantitative estimate of drug-likeness (QED) is 0.766. The smallest absolute Gasteiger partial charge is 0.256 e. The highest BCUT2D eigenvalue weighted by molar-refractivity contribution is 5.96. The molecule has 0 saturated heterocycles. The van der Waals surface area contributed by atoms with E-state index in [0.717, 1.165) is 11.6 Å². The molecule has 98 valence electrons. The fraction of sp³-hybridized carbons (Fsp3) is 0.143. The lowest BCUT2D eigenvalue weighted by Crippen LogP contribution is -2.26. The van der Waals surface area contributed by atoms with Crippen molar-refractivity contribution in [3.63, 3.8) is 0 Å². The highest BCUT2D eigenvalue weighted by atomic mass is 16.3. The van der Waals surface area contributed by atoms with E-state index in [1.54, 1.807) is 0 Å². The second kappa shape index (κ2) is 5.86. The molecule has 1 aromatic heterocycles. The van der Waals surface area contributed by atoms with Gasteiger partial charge in [-0.1, -0.05) is 30.3 Å². The molecule has 0 atom stereocenters. The first kappa shape index (κ1) is 12.9. The van der Waals surface area contributed by atoms with E-state index in [9.17, 15) is 14.7 Å². The lowest BCUT2D eigenvalue weighted by Gasteiger charge is -2.06. The molecule has 0 radical (unpaired) electrons. The van der Waals surface area contributed by atoms with Crippen LogP contribution in [0.4, 0.5) is 0 Å². The van der Waals surface area contributed by atoms with Crippen LogP contribution in [0.5, 0.6) is 5.75 Å². The fourth-order valence-corrected chi connectivity index (χ4v) is 1.70. The Morgan fingerprint density at radius 1 is 1.26 bits per heavy atom. The Kier molecular flexibility index (Phi) is 3.97. The monoisotopic (exact) mass is 258 g/mol. The molecule has 5 heteroatoms. The molecular formula is C14H14N2O3. The maximum Gasteiger partial charge on any atom is 0.256 e. The molecule has 0 aliphatic heterocycles. The van der Waals surface area contributed by atoms with Gasteiger partial charge in [-0.3, -0.25) is 9.59 Å². The molecular weight excluding hydrogens is 244 g/mol. The van der Waals surface area contributed by atoms with Crippen LogP contribution in [-0.4, -0.2) is 22.5 Å². The number of aromatic hydroxyl groups is 1. The van der Waals surface area contributed by atoms with Crippen molar-refractivity contribution in [3.05, 3.63) is 64.1 Å². The second-order valence-corrected chi connectivity index (χ2v) is 4.09. The molecule has 19 heavy (non-hydrogen) atoms. The molecule has 0 unspecified atom stereocenters. The van der Waals surface area contributed by atoms with Crippen LogP contribution >= 0.6 is 0 Å². The number of benzene rings is 1. The minimum atomic E-state index is -0.446. The van der Waals surface area contributed by atoms with Crippen LogP contribution in [-0.2, 0) is 6.42 Å². The van der Waals surface area contributed by atoms with Crippen LogP contribution in [0.15, 0.2) is 47.4 Å². The number of amides is 1. The highest BCUT2D eigenvalue weighted by Crippen LogP contribution is 2.11. The van der Waals surface area contributed by atoms with E-state index in [0.29, 0.717) is 13.0 Å². The number of hydrogen-bond donors (Lipinski definition) is 3. The van der Waals surface area contributed by atoms with Crippen molar-refractivity contribution in [2.45, 2.75) is 6.42 Å². The molecule has 3 N–H and O–H groups in total. The molecule has 1 heterocycles. The van der Waals surface area contributed by atoms with E-state index in [1.807, 2.05) is 30.3 Å². The van der Waals surface area contributed by atoms with Crippen LogP contribution in [0.25, 0.3) is 0 Å². The van der Waals surface area contributed by atoms with E-state index in [4.69, 9.17) is 0 Å². The Bertz CT molecular complexity index is 620. The summed E-state index contributed by atoms with van der Waals surface area (Å²) in [6.07, 6.45) is 1.91. The predicted molar refractivity (Wildman–Crippen MR) is 71.2 cm³/mol. The van der Waals surface area contributed by atoms with Crippen molar-refractivity contribution in [2.24, 2.45) is 0 Å². The van der Waals surface area contributed by atoms with Crippen LogP contribution < -0.4 is 10.9 Å². The Labute approximate surface area is 109 Å². The molecule has 0 fully saturated rings. The zero-order valence-corrected chi connectivity index (χ0v) is 10.2. The first-order valence-electron chi connectivity index (χ1n) is 5.90. The summed E-state index contributed by atoms with van der Waals surface area (Å²) < 4.78 is 0. The zero-order valence-electron chi connectivity index (χ0n) is 10.2. The first-order chi connectivity index (χ1) is 9.16. The summed E-state index contributed by atoms with van der Waals surface area (Å²) >= 11 is 0. The van der Waals surface area contributed by atoms with Crippen LogP contribution in [0.2, 0.25) is 0 Å². The average molecular weight is 258 g/mol. The average Bonchev–Trinajstić information content (AvgIpc) is 2.39. The SMILES string of the molecule is O=C(NCCc1ccccc1)c1c[nH]c(=O)cc1O. The largest absolute Gasteiger partial charge is 0.507 e. The Hall–Kier alpha value is -2.56. The van der Waals surface area contributed by atoms with Crippen molar-refractivity contribution in [3.8, 4) is 5.75 Å². The van der Waals surface area contributed by atoms with Gasteiger partial charge in [0.25, 0.3) is 11.5 Å². The fourth-order valence-electron chi connectivity index (χ4n) is 1.70. The third kappa shape index (κ3) is 3.45. The maximum atomic E-state index is 11.8. The van der Waals surface area contributed by atoms with Gasteiger partial charge in [-0.05, 0) is 12.0 Å². The number of hydrogen-bond acceptors (Lipinski definition) is 3. The Morgan fingerprint density at radius 2 is 2.00 bits per heavy atom. The molecule has 0 aliphatic carbocycles. The van der Waals surface area contributed by atoms with Gasteiger partial charge in [-0.2, -0.15) is 0 Å². The van der Waals surface area contributed by atoms with Crippen LogP contribution in [0.3, 0.4) is 0 Å². The van der Waals surface area contributed by atoms with Gasteiger partial charge in [0.2, 0.25) is 0 Å². The Balaban J connectivity index is 1.93. The molecule has 5 nitrogen and oxygen atoms in total. The van der Waals surface area contributed by atoms with Crippen molar-refractivity contribution >= 4 is 5.91 Å². The molecule has 0 bridgehead atoms. The van der Waals surface area contributed by atoms with Gasteiger partial charge in [0.1, 0.15) is 5.75 Å². The zero-order chi connectivity index (χ0) is 13.7. The third-order valence-corrected chi connectivity index (χ3v) is 2.69. The summed E-state index contributed by atoms with van der Waals surface area (Å²) in [6.45, 7) is 0.460. The van der Waals surface area contributed by atoms with Gasteiger partial charge >= 0.3 is 0 Å². The number of H-pyrrole nitrogens is 1. The molecule has 0 aliphatic rings. The number of carbonyl (C=O) groups excluding carboxylic acids is 1. The summed E-state index contributed by atoms with van der Waals surface area (Å²) in [5.74, 6) is -0.731. The first-order valence-corrected chi connectivity index (χ1v) is 5.90. The number of aromatic nitrogens is 1. The van der Waals surface area contributed by atoms with Gasteiger partial charge in [0.05, 0.1) is 5.56 Å². The normalized spacial score (nSPS) is 10.1.